The summed E-state index contributed by atoms with van der Waals surface area (Å²) in [5, 5.41) is 8.12. The molecular formula is C12H20N4. The maximum Gasteiger partial charge on any atom is 0.0842 e. The Hall–Kier alpha value is -1.16. The SMILES string of the molecule is CCCn1nncc1C1=CC(N)CCCC1. The maximum absolute atomic E-state index is 6.03. The summed E-state index contributed by atoms with van der Waals surface area (Å²) in [7, 11) is 0. The van der Waals surface area contributed by atoms with Gasteiger partial charge in [0.15, 0.2) is 0 Å². The van der Waals surface area contributed by atoms with Crippen LogP contribution in [0.2, 0.25) is 0 Å². The van der Waals surface area contributed by atoms with Crippen LogP contribution < -0.4 is 5.73 Å². The van der Waals surface area contributed by atoms with E-state index in [2.05, 4.69) is 23.3 Å². The number of aryl methyl sites for hydroxylation is 1. The summed E-state index contributed by atoms with van der Waals surface area (Å²) in [6.07, 6.45) is 9.77. The molecule has 1 aliphatic carbocycles. The number of hydrogen-bond donors (Lipinski definition) is 1. The average Bonchev–Trinajstić information content (AvgIpc) is 2.61. The molecule has 16 heavy (non-hydrogen) atoms. The first kappa shape index (κ1) is 11.3. The Labute approximate surface area is 96.5 Å². The van der Waals surface area contributed by atoms with Gasteiger partial charge in [-0.25, -0.2) is 4.68 Å². The number of hydrogen-bond acceptors (Lipinski definition) is 3. The predicted molar refractivity (Wildman–Crippen MR) is 64.7 cm³/mol. The molecule has 0 radical (unpaired) electrons. The van der Waals surface area contributed by atoms with Crippen LogP contribution in [0.25, 0.3) is 5.57 Å². The van der Waals surface area contributed by atoms with E-state index in [1.165, 1.54) is 18.4 Å². The summed E-state index contributed by atoms with van der Waals surface area (Å²) < 4.78 is 1.99. The fourth-order valence-corrected chi connectivity index (χ4v) is 2.22. The Morgan fingerprint density at radius 3 is 3.19 bits per heavy atom. The summed E-state index contributed by atoms with van der Waals surface area (Å²) in [6.45, 7) is 3.08. The molecule has 0 bridgehead atoms. The van der Waals surface area contributed by atoms with Crippen LogP contribution in [0.4, 0.5) is 0 Å². The zero-order chi connectivity index (χ0) is 11.4. The van der Waals surface area contributed by atoms with Gasteiger partial charge in [0, 0.05) is 12.6 Å². The molecule has 4 heteroatoms. The predicted octanol–water partition coefficient (Wildman–Crippen LogP) is 1.97. The third-order valence-electron chi connectivity index (χ3n) is 3.03. The van der Waals surface area contributed by atoms with Gasteiger partial charge in [-0.3, -0.25) is 0 Å². The second-order valence-electron chi connectivity index (χ2n) is 4.44. The minimum Gasteiger partial charge on any atom is -0.324 e. The van der Waals surface area contributed by atoms with Gasteiger partial charge in [0.25, 0.3) is 0 Å². The Bertz CT molecular complexity index is 367. The van der Waals surface area contributed by atoms with Crippen LogP contribution in [0.1, 0.15) is 44.7 Å². The minimum absolute atomic E-state index is 0.197. The van der Waals surface area contributed by atoms with Gasteiger partial charge in [-0.05, 0) is 31.3 Å². The topological polar surface area (TPSA) is 56.7 Å². The lowest BCUT2D eigenvalue weighted by molar-refractivity contribution is 0.572. The van der Waals surface area contributed by atoms with E-state index < -0.39 is 0 Å². The molecule has 4 nitrogen and oxygen atoms in total. The van der Waals surface area contributed by atoms with Crippen molar-refractivity contribution in [3.05, 3.63) is 18.0 Å². The summed E-state index contributed by atoms with van der Waals surface area (Å²) in [5.41, 5.74) is 8.50. The molecule has 0 aliphatic heterocycles. The van der Waals surface area contributed by atoms with Crippen molar-refractivity contribution in [2.45, 2.75) is 51.6 Å². The fraction of sp³-hybridized carbons (Fsp3) is 0.667. The van der Waals surface area contributed by atoms with Gasteiger partial charge in [-0.15, -0.1) is 5.10 Å². The van der Waals surface area contributed by atoms with E-state index in [0.717, 1.165) is 31.5 Å². The van der Waals surface area contributed by atoms with Gasteiger partial charge in [0.05, 0.1) is 11.9 Å². The van der Waals surface area contributed by atoms with Gasteiger partial charge in [0.2, 0.25) is 0 Å². The molecule has 0 amide bonds. The Balaban J connectivity index is 2.24. The number of rotatable bonds is 3. The van der Waals surface area contributed by atoms with Gasteiger partial charge < -0.3 is 5.73 Å². The highest BCUT2D eigenvalue weighted by molar-refractivity contribution is 5.63. The van der Waals surface area contributed by atoms with Crippen LogP contribution >= 0.6 is 0 Å². The van der Waals surface area contributed by atoms with E-state index >= 15 is 0 Å². The van der Waals surface area contributed by atoms with E-state index in [1.807, 2.05) is 10.9 Å². The standard InChI is InChI=1S/C12H20N4/c1-2-7-16-12(9-14-15-16)10-5-3-4-6-11(13)8-10/h8-9,11H,2-7,13H2,1H3. The lowest BCUT2D eigenvalue weighted by atomic mass is 10.1. The van der Waals surface area contributed by atoms with Gasteiger partial charge >= 0.3 is 0 Å². The van der Waals surface area contributed by atoms with Crippen molar-refractivity contribution in [3.63, 3.8) is 0 Å². The zero-order valence-corrected chi connectivity index (χ0v) is 9.89. The number of allylic oxidation sites excluding steroid dienone is 1. The molecule has 2 rings (SSSR count). The molecule has 0 spiro atoms. The molecule has 1 aromatic rings. The van der Waals surface area contributed by atoms with Crippen LogP contribution in [0.3, 0.4) is 0 Å². The molecule has 0 saturated carbocycles. The molecule has 1 aromatic heterocycles. The second-order valence-corrected chi connectivity index (χ2v) is 4.44. The highest BCUT2D eigenvalue weighted by Gasteiger charge is 2.13. The van der Waals surface area contributed by atoms with E-state index in [9.17, 15) is 0 Å². The third kappa shape index (κ3) is 2.50. The number of nitrogens with zero attached hydrogens (tertiary/aromatic N) is 3. The lowest BCUT2D eigenvalue weighted by Gasteiger charge is -2.08. The fourth-order valence-electron chi connectivity index (χ4n) is 2.22. The van der Waals surface area contributed by atoms with Crippen LogP contribution in [0.15, 0.2) is 12.3 Å². The van der Waals surface area contributed by atoms with Crippen LogP contribution in [0.5, 0.6) is 0 Å². The van der Waals surface area contributed by atoms with E-state index in [4.69, 9.17) is 5.73 Å². The second kappa shape index (κ2) is 5.25. The molecular weight excluding hydrogens is 200 g/mol. The number of nitrogens with two attached hydrogens (primary N) is 1. The lowest BCUT2D eigenvalue weighted by Crippen LogP contribution is -2.16. The molecule has 0 aromatic carbocycles. The summed E-state index contributed by atoms with van der Waals surface area (Å²) in [5.74, 6) is 0. The van der Waals surface area contributed by atoms with E-state index in [1.54, 1.807) is 0 Å². The Morgan fingerprint density at radius 1 is 1.50 bits per heavy atom. The molecule has 1 heterocycles. The normalized spacial score (nSPS) is 21.6. The zero-order valence-electron chi connectivity index (χ0n) is 9.89. The van der Waals surface area contributed by atoms with Gasteiger partial charge in [-0.1, -0.05) is 24.6 Å². The van der Waals surface area contributed by atoms with Gasteiger partial charge in [0.1, 0.15) is 0 Å². The van der Waals surface area contributed by atoms with Crippen molar-refractivity contribution in [1.82, 2.24) is 15.0 Å². The van der Waals surface area contributed by atoms with E-state index in [-0.39, 0.29) is 6.04 Å². The Kier molecular flexibility index (Phi) is 3.72. The highest BCUT2D eigenvalue weighted by atomic mass is 15.4. The van der Waals surface area contributed by atoms with Crippen molar-refractivity contribution in [1.29, 1.82) is 0 Å². The number of aromatic nitrogens is 3. The van der Waals surface area contributed by atoms with Crippen molar-refractivity contribution >= 4 is 5.57 Å². The molecule has 1 aliphatic rings. The van der Waals surface area contributed by atoms with Crippen molar-refractivity contribution in [3.8, 4) is 0 Å². The quantitative estimate of drug-likeness (QED) is 0.847. The molecule has 88 valence electrons. The summed E-state index contributed by atoms with van der Waals surface area (Å²) >= 11 is 0. The first-order valence-electron chi connectivity index (χ1n) is 6.16. The van der Waals surface area contributed by atoms with Crippen molar-refractivity contribution in [2.75, 3.05) is 0 Å². The molecule has 0 saturated heterocycles. The van der Waals surface area contributed by atoms with Gasteiger partial charge in [-0.2, -0.15) is 0 Å². The molecule has 1 atom stereocenters. The van der Waals surface area contributed by atoms with Crippen LogP contribution in [0, 0.1) is 0 Å². The first-order chi connectivity index (χ1) is 7.81. The first-order valence-corrected chi connectivity index (χ1v) is 6.16. The largest absolute Gasteiger partial charge is 0.324 e. The van der Waals surface area contributed by atoms with Crippen LogP contribution in [-0.2, 0) is 6.54 Å². The highest BCUT2D eigenvalue weighted by Crippen LogP contribution is 2.24. The van der Waals surface area contributed by atoms with E-state index in [0.29, 0.717) is 0 Å². The minimum atomic E-state index is 0.197. The summed E-state index contributed by atoms with van der Waals surface area (Å²) in [4.78, 5) is 0. The van der Waals surface area contributed by atoms with Crippen LogP contribution in [-0.4, -0.2) is 21.0 Å². The monoisotopic (exact) mass is 220 g/mol. The maximum atomic E-state index is 6.03. The van der Waals surface area contributed by atoms with Crippen molar-refractivity contribution < 1.29 is 0 Å². The average molecular weight is 220 g/mol. The third-order valence-corrected chi connectivity index (χ3v) is 3.03. The molecule has 1 unspecified atom stereocenters. The Morgan fingerprint density at radius 2 is 2.38 bits per heavy atom. The summed E-state index contributed by atoms with van der Waals surface area (Å²) in [6, 6.07) is 0.197. The molecule has 2 N–H and O–H groups in total. The smallest absolute Gasteiger partial charge is 0.0842 e. The van der Waals surface area contributed by atoms with Crippen molar-refractivity contribution in [2.24, 2.45) is 5.73 Å². The molecule has 0 fully saturated rings.